The zero-order chi connectivity index (χ0) is 25.4. The van der Waals surface area contributed by atoms with Crippen LogP contribution in [0.25, 0.3) is 11.1 Å². The minimum atomic E-state index is -4.37. The highest BCUT2D eigenvalue weighted by molar-refractivity contribution is 7.14. The third-order valence-corrected chi connectivity index (χ3v) is 6.42. The number of carbonyl (C=O) groups is 2. The summed E-state index contributed by atoms with van der Waals surface area (Å²) in [6.45, 7) is 2.23. The number of halogens is 3. The highest BCUT2D eigenvalue weighted by Crippen LogP contribution is 2.33. The molecule has 0 radical (unpaired) electrons. The van der Waals surface area contributed by atoms with Crippen LogP contribution in [0.3, 0.4) is 0 Å². The van der Waals surface area contributed by atoms with Crippen LogP contribution in [0.15, 0.2) is 60.7 Å². The number of ether oxygens (including phenoxy) is 2. The quantitative estimate of drug-likeness (QED) is 0.314. The Morgan fingerprint density at radius 1 is 0.971 bits per heavy atom. The van der Waals surface area contributed by atoms with Crippen molar-refractivity contribution in [1.82, 2.24) is 5.32 Å². The molecule has 1 aromatic heterocycles. The van der Waals surface area contributed by atoms with E-state index in [4.69, 9.17) is 4.74 Å². The standard InChI is InChI=1S/C26H26F3NO4S/c1-3-4-21(22-13-14-23(35-22)25(32)30-16-15-24(31)33-2)34-20-11-7-18(8-12-20)17-5-9-19(10-6-17)26(27,28)29/h5-14,21H,3-4,15-16H2,1-2H3,(H,30,32). The summed E-state index contributed by atoms with van der Waals surface area (Å²) in [5, 5.41) is 2.70. The van der Waals surface area contributed by atoms with Crippen LogP contribution in [-0.2, 0) is 15.7 Å². The van der Waals surface area contributed by atoms with Gasteiger partial charge in [-0.05, 0) is 53.9 Å². The number of hydrogen-bond donors (Lipinski definition) is 1. The Morgan fingerprint density at radius 2 is 1.60 bits per heavy atom. The Morgan fingerprint density at radius 3 is 2.17 bits per heavy atom. The lowest BCUT2D eigenvalue weighted by Gasteiger charge is -2.18. The van der Waals surface area contributed by atoms with Crippen molar-refractivity contribution in [3.63, 3.8) is 0 Å². The largest absolute Gasteiger partial charge is 0.485 e. The SMILES string of the molecule is CCCC(Oc1ccc(-c2ccc(C(F)(F)F)cc2)cc1)c1ccc(C(=O)NCCC(=O)OC)s1. The van der Waals surface area contributed by atoms with Crippen LogP contribution in [0.4, 0.5) is 13.2 Å². The number of thiophene rings is 1. The van der Waals surface area contributed by atoms with Crippen LogP contribution in [0, 0.1) is 0 Å². The van der Waals surface area contributed by atoms with E-state index in [1.54, 1.807) is 30.3 Å². The van der Waals surface area contributed by atoms with Gasteiger partial charge in [-0.2, -0.15) is 13.2 Å². The van der Waals surface area contributed by atoms with Gasteiger partial charge in [0.05, 0.1) is 24.0 Å². The fraction of sp³-hybridized carbons (Fsp3) is 0.308. The number of benzene rings is 2. The maximum absolute atomic E-state index is 12.8. The first kappa shape index (κ1) is 26.3. The summed E-state index contributed by atoms with van der Waals surface area (Å²) in [7, 11) is 1.30. The molecule has 186 valence electrons. The summed E-state index contributed by atoms with van der Waals surface area (Å²) in [5.74, 6) is -0.0317. The summed E-state index contributed by atoms with van der Waals surface area (Å²) in [4.78, 5) is 25.0. The molecule has 5 nitrogen and oxygen atoms in total. The number of nitrogens with one attached hydrogen (secondary N) is 1. The monoisotopic (exact) mass is 505 g/mol. The topological polar surface area (TPSA) is 64.6 Å². The molecule has 2 aromatic carbocycles. The van der Waals surface area contributed by atoms with E-state index >= 15 is 0 Å². The third-order valence-electron chi connectivity index (χ3n) is 5.24. The first-order valence-corrected chi connectivity index (χ1v) is 11.9. The Bertz CT molecular complexity index is 1120. The van der Waals surface area contributed by atoms with Crippen molar-refractivity contribution < 1.29 is 32.2 Å². The summed E-state index contributed by atoms with van der Waals surface area (Å²) in [6.07, 6.45) is -2.91. The smallest absolute Gasteiger partial charge is 0.416 e. The lowest BCUT2D eigenvalue weighted by Crippen LogP contribution is -2.25. The van der Waals surface area contributed by atoms with Crippen molar-refractivity contribution in [2.45, 2.75) is 38.5 Å². The van der Waals surface area contributed by atoms with E-state index in [9.17, 15) is 22.8 Å². The molecule has 0 aliphatic heterocycles. The maximum Gasteiger partial charge on any atom is 0.416 e. The average Bonchev–Trinajstić information content (AvgIpc) is 3.34. The van der Waals surface area contributed by atoms with E-state index in [0.29, 0.717) is 16.2 Å². The molecule has 9 heteroatoms. The number of hydrogen-bond acceptors (Lipinski definition) is 5. The number of alkyl halides is 3. The van der Waals surface area contributed by atoms with Crippen molar-refractivity contribution >= 4 is 23.2 Å². The molecule has 1 unspecified atom stereocenters. The maximum atomic E-state index is 12.8. The fourth-order valence-corrected chi connectivity index (χ4v) is 4.37. The van der Waals surface area contributed by atoms with Gasteiger partial charge in [0.1, 0.15) is 11.9 Å². The fourth-order valence-electron chi connectivity index (χ4n) is 3.38. The van der Waals surface area contributed by atoms with E-state index in [0.717, 1.165) is 35.4 Å². The lowest BCUT2D eigenvalue weighted by atomic mass is 10.0. The van der Waals surface area contributed by atoms with Gasteiger partial charge in [0, 0.05) is 11.4 Å². The summed E-state index contributed by atoms with van der Waals surface area (Å²) >= 11 is 1.33. The van der Waals surface area contributed by atoms with Gasteiger partial charge in [0.15, 0.2) is 0 Å². The molecule has 1 amide bonds. The van der Waals surface area contributed by atoms with Gasteiger partial charge in [-0.15, -0.1) is 11.3 Å². The molecular weight excluding hydrogens is 479 g/mol. The highest BCUT2D eigenvalue weighted by Gasteiger charge is 2.30. The van der Waals surface area contributed by atoms with Gasteiger partial charge in [-0.1, -0.05) is 37.6 Å². The number of methoxy groups -OCH3 is 1. The first-order valence-electron chi connectivity index (χ1n) is 11.1. The molecule has 0 spiro atoms. The summed E-state index contributed by atoms with van der Waals surface area (Å²) < 4.78 is 49.1. The van der Waals surface area contributed by atoms with Crippen molar-refractivity contribution in [3.8, 4) is 16.9 Å². The van der Waals surface area contributed by atoms with Crippen LogP contribution in [0.1, 0.15) is 52.4 Å². The lowest BCUT2D eigenvalue weighted by molar-refractivity contribution is -0.140. The van der Waals surface area contributed by atoms with E-state index in [-0.39, 0.29) is 25.0 Å². The molecule has 0 saturated carbocycles. The van der Waals surface area contributed by atoms with Gasteiger partial charge >= 0.3 is 12.1 Å². The van der Waals surface area contributed by atoms with Crippen molar-refractivity contribution in [3.05, 3.63) is 76.0 Å². The van der Waals surface area contributed by atoms with E-state index < -0.39 is 17.7 Å². The second-order valence-electron chi connectivity index (χ2n) is 7.78. The molecule has 0 aliphatic rings. The molecule has 35 heavy (non-hydrogen) atoms. The van der Waals surface area contributed by atoms with Gasteiger partial charge in [-0.3, -0.25) is 9.59 Å². The van der Waals surface area contributed by atoms with Crippen LogP contribution in [0.2, 0.25) is 0 Å². The van der Waals surface area contributed by atoms with Gasteiger partial charge in [0.2, 0.25) is 0 Å². The molecular formula is C26H26F3NO4S. The van der Waals surface area contributed by atoms with Crippen molar-refractivity contribution in [2.24, 2.45) is 0 Å². The molecule has 0 saturated heterocycles. The molecule has 0 fully saturated rings. The number of carbonyl (C=O) groups excluding carboxylic acids is 2. The zero-order valence-electron chi connectivity index (χ0n) is 19.4. The first-order chi connectivity index (χ1) is 16.7. The Kier molecular flexibility index (Phi) is 8.92. The van der Waals surface area contributed by atoms with E-state index in [2.05, 4.69) is 10.1 Å². The van der Waals surface area contributed by atoms with Crippen LogP contribution >= 0.6 is 11.3 Å². The zero-order valence-corrected chi connectivity index (χ0v) is 20.2. The molecule has 1 heterocycles. The number of amides is 1. The Labute approximate surface area is 205 Å². The van der Waals surface area contributed by atoms with Gasteiger partial charge < -0.3 is 14.8 Å². The predicted molar refractivity (Wildman–Crippen MR) is 128 cm³/mol. The molecule has 1 atom stereocenters. The van der Waals surface area contributed by atoms with Crippen LogP contribution < -0.4 is 10.1 Å². The molecule has 3 rings (SSSR count). The van der Waals surface area contributed by atoms with Gasteiger partial charge in [-0.25, -0.2) is 0 Å². The highest BCUT2D eigenvalue weighted by atomic mass is 32.1. The second kappa shape index (κ2) is 11.9. The van der Waals surface area contributed by atoms with E-state index in [1.807, 2.05) is 13.0 Å². The third kappa shape index (κ3) is 7.32. The molecule has 1 N–H and O–H groups in total. The Balaban J connectivity index is 1.65. The van der Waals surface area contributed by atoms with Crippen LogP contribution in [-0.4, -0.2) is 25.5 Å². The normalized spacial score (nSPS) is 12.1. The van der Waals surface area contributed by atoms with Gasteiger partial charge in [0.25, 0.3) is 5.91 Å². The van der Waals surface area contributed by atoms with E-state index in [1.165, 1.54) is 30.6 Å². The minimum Gasteiger partial charge on any atom is -0.485 e. The second-order valence-corrected chi connectivity index (χ2v) is 8.89. The average molecular weight is 506 g/mol. The number of esters is 1. The predicted octanol–water partition coefficient (Wildman–Crippen LogP) is 6.65. The van der Waals surface area contributed by atoms with Crippen molar-refractivity contribution in [2.75, 3.05) is 13.7 Å². The summed E-state index contributed by atoms with van der Waals surface area (Å²) in [6, 6.07) is 15.8. The number of rotatable bonds is 10. The van der Waals surface area contributed by atoms with Crippen LogP contribution in [0.5, 0.6) is 5.75 Å². The summed E-state index contributed by atoms with van der Waals surface area (Å²) in [5.41, 5.74) is 0.770. The Hall–Kier alpha value is -3.33. The molecule has 0 aliphatic carbocycles. The minimum absolute atomic E-state index is 0.102. The van der Waals surface area contributed by atoms with Crippen molar-refractivity contribution in [1.29, 1.82) is 0 Å². The molecule has 0 bridgehead atoms. The molecule has 3 aromatic rings.